The Morgan fingerprint density at radius 2 is 2.21 bits per heavy atom. The van der Waals surface area contributed by atoms with E-state index in [2.05, 4.69) is 21.8 Å². The van der Waals surface area contributed by atoms with Crippen LogP contribution in [0.15, 0.2) is 6.20 Å². The van der Waals surface area contributed by atoms with Gasteiger partial charge in [0.25, 0.3) is 0 Å². The van der Waals surface area contributed by atoms with Crippen molar-refractivity contribution in [1.82, 2.24) is 9.88 Å². The van der Waals surface area contributed by atoms with E-state index in [9.17, 15) is 0 Å². The van der Waals surface area contributed by atoms with E-state index in [4.69, 9.17) is 5.73 Å². The summed E-state index contributed by atoms with van der Waals surface area (Å²) in [4.78, 5) is 8.99. The SMILES string of the molecule is CN1CCCN(c2ncc(N)s2)CC1. The molecule has 2 heterocycles. The van der Waals surface area contributed by atoms with Gasteiger partial charge in [-0.2, -0.15) is 0 Å². The van der Waals surface area contributed by atoms with E-state index in [1.807, 2.05) is 0 Å². The van der Waals surface area contributed by atoms with E-state index in [1.54, 1.807) is 17.5 Å². The molecule has 4 nitrogen and oxygen atoms in total. The van der Waals surface area contributed by atoms with Crippen LogP contribution in [0.5, 0.6) is 0 Å². The zero-order valence-electron chi connectivity index (χ0n) is 8.44. The average molecular weight is 212 g/mol. The number of likely N-dealkylation sites (N-methyl/N-ethyl adjacent to an activating group) is 1. The van der Waals surface area contributed by atoms with Gasteiger partial charge in [0.2, 0.25) is 0 Å². The summed E-state index contributed by atoms with van der Waals surface area (Å²) in [6.07, 6.45) is 2.95. The van der Waals surface area contributed by atoms with Crippen LogP contribution in [0, 0.1) is 0 Å². The first-order valence-electron chi connectivity index (χ1n) is 4.90. The molecule has 1 aliphatic rings. The van der Waals surface area contributed by atoms with Gasteiger partial charge in [-0.25, -0.2) is 4.98 Å². The van der Waals surface area contributed by atoms with Gasteiger partial charge in [0.1, 0.15) is 5.00 Å². The van der Waals surface area contributed by atoms with Crippen molar-refractivity contribution >= 4 is 21.5 Å². The fraction of sp³-hybridized carbons (Fsp3) is 0.667. The second kappa shape index (κ2) is 4.14. The topological polar surface area (TPSA) is 45.4 Å². The monoisotopic (exact) mass is 212 g/mol. The minimum Gasteiger partial charge on any atom is -0.389 e. The highest BCUT2D eigenvalue weighted by molar-refractivity contribution is 7.19. The Hall–Kier alpha value is -0.810. The third-order valence-electron chi connectivity index (χ3n) is 2.50. The maximum Gasteiger partial charge on any atom is 0.187 e. The molecule has 1 aliphatic heterocycles. The van der Waals surface area contributed by atoms with Gasteiger partial charge in [-0.3, -0.25) is 0 Å². The van der Waals surface area contributed by atoms with Crippen molar-refractivity contribution in [3.63, 3.8) is 0 Å². The van der Waals surface area contributed by atoms with Crippen LogP contribution >= 0.6 is 11.3 Å². The molecule has 0 aliphatic carbocycles. The Kier molecular flexibility index (Phi) is 2.88. The van der Waals surface area contributed by atoms with Crippen LogP contribution in [0.1, 0.15) is 6.42 Å². The van der Waals surface area contributed by atoms with E-state index < -0.39 is 0 Å². The van der Waals surface area contributed by atoms with E-state index in [-0.39, 0.29) is 0 Å². The molecule has 0 spiro atoms. The van der Waals surface area contributed by atoms with E-state index in [1.165, 1.54) is 13.0 Å². The Bertz CT molecular complexity index is 299. The van der Waals surface area contributed by atoms with Crippen LogP contribution < -0.4 is 10.6 Å². The van der Waals surface area contributed by atoms with Gasteiger partial charge in [-0.15, -0.1) is 0 Å². The summed E-state index contributed by atoms with van der Waals surface area (Å²) < 4.78 is 0. The molecule has 0 saturated carbocycles. The van der Waals surface area contributed by atoms with Crippen LogP contribution in [-0.2, 0) is 0 Å². The molecule has 1 aromatic rings. The predicted octanol–water partition coefficient (Wildman–Crippen LogP) is 0.867. The van der Waals surface area contributed by atoms with E-state index in [0.717, 1.165) is 29.8 Å². The largest absolute Gasteiger partial charge is 0.389 e. The van der Waals surface area contributed by atoms with Crippen molar-refractivity contribution in [2.24, 2.45) is 0 Å². The number of hydrogen-bond acceptors (Lipinski definition) is 5. The molecule has 0 amide bonds. The van der Waals surface area contributed by atoms with E-state index >= 15 is 0 Å². The number of nitrogens with two attached hydrogens (primary N) is 1. The lowest BCUT2D eigenvalue weighted by Crippen LogP contribution is -2.28. The van der Waals surface area contributed by atoms with Gasteiger partial charge in [-0.1, -0.05) is 11.3 Å². The molecule has 1 fully saturated rings. The van der Waals surface area contributed by atoms with Crippen LogP contribution in [0.3, 0.4) is 0 Å². The van der Waals surface area contributed by atoms with Crippen LogP contribution in [-0.4, -0.2) is 43.1 Å². The molecule has 1 saturated heterocycles. The van der Waals surface area contributed by atoms with Crippen molar-refractivity contribution in [1.29, 1.82) is 0 Å². The standard InChI is InChI=1S/C9H16N4S/c1-12-3-2-4-13(6-5-12)9-11-7-8(10)14-9/h7H,2-6,10H2,1H3. The summed E-state index contributed by atoms with van der Waals surface area (Å²) in [5, 5.41) is 1.87. The minimum atomic E-state index is 0.803. The number of aromatic nitrogens is 1. The Labute approximate surface area is 88.3 Å². The zero-order chi connectivity index (χ0) is 9.97. The molecule has 14 heavy (non-hydrogen) atoms. The fourth-order valence-corrected chi connectivity index (χ4v) is 2.39. The van der Waals surface area contributed by atoms with Gasteiger partial charge in [0.05, 0.1) is 6.20 Å². The second-order valence-electron chi connectivity index (χ2n) is 3.69. The third kappa shape index (κ3) is 2.16. The molecule has 0 atom stereocenters. The van der Waals surface area contributed by atoms with Crippen molar-refractivity contribution in [2.45, 2.75) is 6.42 Å². The van der Waals surface area contributed by atoms with Gasteiger partial charge in [-0.05, 0) is 20.0 Å². The Morgan fingerprint density at radius 1 is 1.36 bits per heavy atom. The number of rotatable bonds is 1. The molecule has 1 aromatic heterocycles. The first-order valence-corrected chi connectivity index (χ1v) is 5.72. The van der Waals surface area contributed by atoms with Gasteiger partial charge in [0, 0.05) is 19.6 Å². The number of anilines is 2. The first-order chi connectivity index (χ1) is 6.75. The normalized spacial score (nSPS) is 19.6. The predicted molar refractivity (Wildman–Crippen MR) is 60.9 cm³/mol. The third-order valence-corrected chi connectivity index (χ3v) is 3.39. The van der Waals surface area contributed by atoms with Crippen molar-refractivity contribution in [2.75, 3.05) is 43.9 Å². The highest BCUT2D eigenvalue weighted by atomic mass is 32.1. The van der Waals surface area contributed by atoms with Crippen LogP contribution in [0.2, 0.25) is 0 Å². The molecule has 2 rings (SSSR count). The summed E-state index contributed by atoms with van der Waals surface area (Å²) in [5.41, 5.74) is 5.67. The molecule has 0 unspecified atom stereocenters. The minimum absolute atomic E-state index is 0.803. The lowest BCUT2D eigenvalue weighted by Gasteiger charge is -2.18. The summed E-state index contributed by atoms with van der Waals surface area (Å²) in [5.74, 6) is 0. The van der Waals surface area contributed by atoms with Gasteiger partial charge < -0.3 is 15.5 Å². The smallest absolute Gasteiger partial charge is 0.187 e. The highest BCUT2D eigenvalue weighted by Gasteiger charge is 2.14. The molecular formula is C9H16N4S. The highest BCUT2D eigenvalue weighted by Crippen LogP contribution is 2.24. The first kappa shape index (κ1) is 9.73. The molecule has 0 aromatic carbocycles. The quantitative estimate of drug-likeness (QED) is 0.750. The molecule has 78 valence electrons. The number of thiazole rings is 1. The van der Waals surface area contributed by atoms with Crippen molar-refractivity contribution in [3.8, 4) is 0 Å². The summed E-state index contributed by atoms with van der Waals surface area (Å²) in [6, 6.07) is 0. The lowest BCUT2D eigenvalue weighted by atomic mass is 10.4. The van der Waals surface area contributed by atoms with Crippen molar-refractivity contribution < 1.29 is 0 Å². The molecule has 2 N–H and O–H groups in total. The number of hydrogen-bond donors (Lipinski definition) is 1. The summed E-state index contributed by atoms with van der Waals surface area (Å²) in [7, 11) is 2.17. The Balaban J connectivity index is 2.04. The van der Waals surface area contributed by atoms with Gasteiger partial charge in [0.15, 0.2) is 5.13 Å². The fourth-order valence-electron chi connectivity index (χ4n) is 1.66. The summed E-state index contributed by atoms with van der Waals surface area (Å²) >= 11 is 1.58. The maximum atomic E-state index is 5.67. The Morgan fingerprint density at radius 3 is 2.93 bits per heavy atom. The second-order valence-corrected chi connectivity index (χ2v) is 4.73. The number of nitrogens with zero attached hydrogens (tertiary/aromatic N) is 3. The molecule has 5 heteroatoms. The molecule has 0 radical (unpaired) electrons. The zero-order valence-corrected chi connectivity index (χ0v) is 9.26. The molecular weight excluding hydrogens is 196 g/mol. The number of nitrogen functional groups attached to an aromatic ring is 1. The van der Waals surface area contributed by atoms with Gasteiger partial charge >= 0.3 is 0 Å². The van der Waals surface area contributed by atoms with E-state index in [0.29, 0.717) is 0 Å². The lowest BCUT2D eigenvalue weighted by molar-refractivity contribution is 0.360. The van der Waals surface area contributed by atoms with Crippen molar-refractivity contribution in [3.05, 3.63) is 6.20 Å². The maximum absolute atomic E-state index is 5.67. The average Bonchev–Trinajstić information content (AvgIpc) is 2.46. The van der Waals surface area contributed by atoms with Crippen LogP contribution in [0.4, 0.5) is 10.1 Å². The van der Waals surface area contributed by atoms with Crippen LogP contribution in [0.25, 0.3) is 0 Å². The summed E-state index contributed by atoms with van der Waals surface area (Å²) in [6.45, 7) is 4.44. The molecule has 0 bridgehead atoms.